The first-order valence-corrected chi connectivity index (χ1v) is 11.2. The number of fused-ring (bicyclic) bond motifs is 4. The van der Waals surface area contributed by atoms with Gasteiger partial charge in [-0.15, -0.1) is 0 Å². The highest BCUT2D eigenvalue weighted by Gasteiger charge is 2.31. The quantitative estimate of drug-likeness (QED) is 0.518. The molecule has 2 aromatic heterocycles. The highest BCUT2D eigenvalue weighted by atomic mass is 28.3. The molecule has 0 saturated heterocycles. The van der Waals surface area contributed by atoms with Crippen LogP contribution in [0.15, 0.2) is 61.4 Å². The van der Waals surface area contributed by atoms with E-state index in [0.29, 0.717) is 0 Å². The molecule has 2 aromatic carbocycles. The zero-order chi connectivity index (χ0) is 17.8. The predicted octanol–water partition coefficient (Wildman–Crippen LogP) is 3.32. The van der Waals surface area contributed by atoms with E-state index in [-0.39, 0.29) is 0 Å². The van der Waals surface area contributed by atoms with Gasteiger partial charge in [0.15, 0.2) is 0 Å². The number of benzene rings is 2. The first kappa shape index (κ1) is 15.3. The number of rotatable bonds is 2. The summed E-state index contributed by atoms with van der Waals surface area (Å²) in [5.41, 5.74) is 6.01. The molecule has 3 heterocycles. The van der Waals surface area contributed by atoms with Gasteiger partial charge in [-0.25, -0.2) is 9.97 Å². The summed E-state index contributed by atoms with van der Waals surface area (Å²) in [6, 6.07) is 17.2. The van der Waals surface area contributed by atoms with E-state index in [9.17, 15) is 0 Å². The first-order chi connectivity index (χ1) is 12.7. The first-order valence-electron chi connectivity index (χ1n) is 8.89. The Morgan fingerprint density at radius 1 is 1.04 bits per heavy atom. The normalized spacial score (nSPS) is 15.1. The third kappa shape index (κ3) is 1.87. The average Bonchev–Trinajstić information content (AvgIpc) is 3.13. The molecule has 3 nitrogen and oxygen atoms in total. The molecule has 0 fully saturated rings. The van der Waals surface area contributed by atoms with Crippen molar-refractivity contribution in [3.8, 4) is 16.9 Å². The molecule has 0 amide bonds. The van der Waals surface area contributed by atoms with Gasteiger partial charge in [-0.05, 0) is 23.7 Å². The van der Waals surface area contributed by atoms with Gasteiger partial charge in [-0.3, -0.25) is 4.57 Å². The zero-order valence-corrected chi connectivity index (χ0v) is 16.1. The molecular weight excluding hydrogens is 334 g/mol. The summed E-state index contributed by atoms with van der Waals surface area (Å²) in [6.07, 6.45) is 3.67. The summed E-state index contributed by atoms with van der Waals surface area (Å²) in [6.45, 7) is 8.53. The third-order valence-electron chi connectivity index (χ3n) is 5.54. The fourth-order valence-electron chi connectivity index (χ4n) is 4.32. The van der Waals surface area contributed by atoms with Crippen LogP contribution in [0.5, 0.6) is 0 Å². The van der Waals surface area contributed by atoms with E-state index < -0.39 is 8.80 Å². The van der Waals surface area contributed by atoms with Gasteiger partial charge in [0.2, 0.25) is 0 Å². The highest BCUT2D eigenvalue weighted by molar-refractivity contribution is 6.88. The maximum atomic E-state index is 4.75. The standard InChI is InChI=1S/C22H19N3Si/c1-4-15-14(2)25(18-11-7-5-9-16(15)18)21-20-17-10-6-8-12-19(17)26(3)22(20)24-13-23-21/h4-13,26H,1H2,2-3H3. The largest absolute Gasteiger partial charge is 0.297 e. The Kier molecular flexibility index (Phi) is 3.24. The van der Waals surface area contributed by atoms with E-state index in [4.69, 9.17) is 9.97 Å². The second-order valence-electron chi connectivity index (χ2n) is 6.82. The molecule has 0 bridgehead atoms. The minimum atomic E-state index is -1.26. The van der Waals surface area contributed by atoms with E-state index >= 15 is 0 Å². The second-order valence-corrected chi connectivity index (χ2v) is 9.43. The van der Waals surface area contributed by atoms with E-state index in [1.165, 1.54) is 43.8 Å². The van der Waals surface area contributed by atoms with E-state index in [1.807, 2.05) is 6.08 Å². The lowest BCUT2D eigenvalue weighted by molar-refractivity contribution is 0.981. The van der Waals surface area contributed by atoms with Crippen molar-refractivity contribution < 1.29 is 0 Å². The van der Waals surface area contributed by atoms with Crippen molar-refractivity contribution in [3.05, 3.63) is 72.7 Å². The van der Waals surface area contributed by atoms with Gasteiger partial charge in [0.05, 0.1) is 5.52 Å². The molecule has 0 saturated carbocycles. The van der Waals surface area contributed by atoms with Crippen LogP contribution < -0.4 is 10.5 Å². The monoisotopic (exact) mass is 353 g/mol. The van der Waals surface area contributed by atoms with Crippen molar-refractivity contribution in [1.29, 1.82) is 0 Å². The van der Waals surface area contributed by atoms with Crippen LogP contribution in [0.25, 0.3) is 33.9 Å². The summed E-state index contributed by atoms with van der Waals surface area (Å²) < 4.78 is 2.27. The van der Waals surface area contributed by atoms with Crippen LogP contribution in [0, 0.1) is 6.92 Å². The number of hydrogen-bond donors (Lipinski definition) is 0. The molecule has 1 aliphatic rings. The molecule has 1 atom stereocenters. The van der Waals surface area contributed by atoms with Crippen LogP contribution in [0.4, 0.5) is 0 Å². The molecule has 0 N–H and O–H groups in total. The van der Waals surface area contributed by atoms with Crippen LogP contribution in [-0.4, -0.2) is 23.3 Å². The van der Waals surface area contributed by atoms with Gasteiger partial charge < -0.3 is 0 Å². The summed E-state index contributed by atoms with van der Waals surface area (Å²) >= 11 is 0. The lowest BCUT2D eigenvalue weighted by atomic mass is 10.1. The van der Waals surface area contributed by atoms with Crippen molar-refractivity contribution in [2.75, 3.05) is 0 Å². The van der Waals surface area contributed by atoms with Crippen LogP contribution in [0.3, 0.4) is 0 Å². The minimum Gasteiger partial charge on any atom is -0.297 e. The third-order valence-corrected chi connectivity index (χ3v) is 8.23. The second kappa shape index (κ2) is 5.51. The summed E-state index contributed by atoms with van der Waals surface area (Å²) in [5, 5.41) is 3.92. The smallest absolute Gasteiger partial charge is 0.148 e. The molecule has 0 aliphatic carbocycles. The molecule has 0 radical (unpaired) electrons. The van der Waals surface area contributed by atoms with Crippen molar-refractivity contribution in [2.45, 2.75) is 13.5 Å². The van der Waals surface area contributed by atoms with Crippen LogP contribution >= 0.6 is 0 Å². The average molecular weight is 354 g/mol. The Hall–Kier alpha value is -2.98. The lowest BCUT2D eigenvalue weighted by Gasteiger charge is -2.13. The van der Waals surface area contributed by atoms with Crippen molar-refractivity contribution >= 4 is 36.3 Å². The number of aromatic nitrogens is 3. The zero-order valence-electron chi connectivity index (χ0n) is 14.9. The van der Waals surface area contributed by atoms with E-state index in [1.54, 1.807) is 6.33 Å². The fraction of sp³-hybridized carbons (Fsp3) is 0.0909. The van der Waals surface area contributed by atoms with Gasteiger partial charge in [0, 0.05) is 27.5 Å². The maximum absolute atomic E-state index is 4.75. The van der Waals surface area contributed by atoms with Crippen LogP contribution in [0.1, 0.15) is 11.3 Å². The molecular formula is C22H19N3Si. The number of para-hydroxylation sites is 1. The van der Waals surface area contributed by atoms with E-state index in [2.05, 4.69) is 73.1 Å². The molecule has 1 aliphatic heterocycles. The SMILES string of the molecule is C=Cc1c(C)n(-c2ncnc3c2-c2ccccc2[SiH]3C)c2ccccc12. The Balaban J connectivity index is 1.91. The minimum absolute atomic E-state index is 0.987. The fourth-order valence-corrected chi connectivity index (χ4v) is 6.73. The van der Waals surface area contributed by atoms with Gasteiger partial charge in [0.1, 0.15) is 20.9 Å². The van der Waals surface area contributed by atoms with E-state index in [0.717, 1.165) is 5.82 Å². The topological polar surface area (TPSA) is 30.7 Å². The predicted molar refractivity (Wildman–Crippen MR) is 111 cm³/mol. The summed E-state index contributed by atoms with van der Waals surface area (Å²) in [4.78, 5) is 9.45. The number of nitrogens with zero attached hydrogens (tertiary/aromatic N) is 3. The Labute approximate surface area is 154 Å². The van der Waals surface area contributed by atoms with Gasteiger partial charge in [0.25, 0.3) is 0 Å². The van der Waals surface area contributed by atoms with Gasteiger partial charge in [-0.2, -0.15) is 0 Å². The molecule has 126 valence electrons. The van der Waals surface area contributed by atoms with Crippen LogP contribution in [0.2, 0.25) is 6.55 Å². The molecule has 5 rings (SSSR count). The molecule has 1 unspecified atom stereocenters. The van der Waals surface area contributed by atoms with Crippen LogP contribution in [-0.2, 0) is 0 Å². The number of hydrogen-bond acceptors (Lipinski definition) is 2. The Morgan fingerprint density at radius 2 is 1.81 bits per heavy atom. The molecule has 0 spiro atoms. The van der Waals surface area contributed by atoms with Gasteiger partial charge in [-0.1, -0.05) is 61.7 Å². The Morgan fingerprint density at radius 3 is 2.65 bits per heavy atom. The summed E-state index contributed by atoms with van der Waals surface area (Å²) in [7, 11) is -1.26. The van der Waals surface area contributed by atoms with Crippen molar-refractivity contribution in [1.82, 2.24) is 14.5 Å². The van der Waals surface area contributed by atoms with Crippen molar-refractivity contribution in [3.63, 3.8) is 0 Å². The van der Waals surface area contributed by atoms with Gasteiger partial charge >= 0.3 is 0 Å². The van der Waals surface area contributed by atoms with Crippen molar-refractivity contribution in [2.24, 2.45) is 0 Å². The maximum Gasteiger partial charge on any atom is 0.148 e. The summed E-state index contributed by atoms with van der Waals surface area (Å²) in [5.74, 6) is 0.987. The molecule has 4 aromatic rings. The highest BCUT2D eigenvalue weighted by Crippen LogP contribution is 2.34. The Bertz CT molecular complexity index is 1190. The molecule has 4 heteroatoms. The lowest BCUT2D eigenvalue weighted by Crippen LogP contribution is -2.36. The molecule has 26 heavy (non-hydrogen) atoms.